The summed E-state index contributed by atoms with van der Waals surface area (Å²) in [5.41, 5.74) is 3.66. The molecule has 2 rings (SSSR count). The minimum atomic E-state index is -0.148. The van der Waals surface area contributed by atoms with Crippen LogP contribution in [0.3, 0.4) is 0 Å². The Morgan fingerprint density at radius 2 is 2.33 bits per heavy atom. The fourth-order valence-corrected chi connectivity index (χ4v) is 3.04. The van der Waals surface area contributed by atoms with Gasteiger partial charge in [-0.1, -0.05) is 11.6 Å². The predicted octanol–water partition coefficient (Wildman–Crippen LogP) is 3.31. The molecule has 0 fully saturated rings. The van der Waals surface area contributed by atoms with Crippen LogP contribution in [0.15, 0.2) is 32.9 Å². The van der Waals surface area contributed by atoms with E-state index in [0.717, 1.165) is 10.4 Å². The first-order valence-electron chi connectivity index (χ1n) is 4.16. The number of thiophene rings is 1. The molecule has 2 heterocycles. The lowest BCUT2D eigenvalue weighted by Gasteiger charge is -2.13. The van der Waals surface area contributed by atoms with Crippen molar-refractivity contribution >= 4 is 38.9 Å². The zero-order chi connectivity index (χ0) is 10.8. The largest absolute Gasteiger partial charge is 0.457 e. The third-order valence-corrected chi connectivity index (χ3v) is 4.10. The van der Waals surface area contributed by atoms with Gasteiger partial charge in [0.25, 0.3) is 0 Å². The van der Waals surface area contributed by atoms with Gasteiger partial charge in [-0.25, -0.2) is 5.43 Å². The van der Waals surface area contributed by atoms with Gasteiger partial charge < -0.3 is 4.42 Å². The van der Waals surface area contributed by atoms with Crippen LogP contribution in [0.5, 0.6) is 0 Å². The Balaban J connectivity index is 2.41. The smallest absolute Gasteiger partial charge is 0.174 e. The van der Waals surface area contributed by atoms with Crippen molar-refractivity contribution < 1.29 is 4.42 Å². The lowest BCUT2D eigenvalue weighted by atomic mass is 10.1. The van der Waals surface area contributed by atoms with Crippen molar-refractivity contribution in [2.75, 3.05) is 0 Å². The number of rotatable bonds is 3. The highest BCUT2D eigenvalue weighted by molar-refractivity contribution is 9.10. The Hall–Kier alpha value is -0.330. The minimum Gasteiger partial charge on any atom is -0.457 e. The first-order valence-corrected chi connectivity index (χ1v) is 6.21. The summed E-state index contributed by atoms with van der Waals surface area (Å²) in [5, 5.41) is 2.63. The molecule has 2 aromatic rings. The van der Waals surface area contributed by atoms with Gasteiger partial charge in [0.05, 0.1) is 17.3 Å². The van der Waals surface area contributed by atoms with Gasteiger partial charge in [-0.2, -0.15) is 0 Å². The number of hydrogen-bond donors (Lipinski definition) is 2. The molecular formula is C9H8BrClN2OS. The quantitative estimate of drug-likeness (QED) is 0.675. The molecule has 2 aromatic heterocycles. The molecule has 3 N–H and O–H groups in total. The normalized spacial score (nSPS) is 13.0. The molecule has 0 saturated carbocycles. The Bertz CT molecular complexity index is 416. The molecule has 0 radical (unpaired) electrons. The van der Waals surface area contributed by atoms with Gasteiger partial charge in [-0.05, 0) is 33.4 Å². The van der Waals surface area contributed by atoms with Crippen LogP contribution in [0, 0.1) is 0 Å². The van der Waals surface area contributed by atoms with Gasteiger partial charge in [-0.15, -0.1) is 11.3 Å². The molecule has 0 aromatic carbocycles. The summed E-state index contributed by atoms with van der Waals surface area (Å²) in [5.74, 6) is 5.53. The molecule has 0 aliphatic heterocycles. The molecule has 0 aliphatic rings. The SMILES string of the molecule is NNC(c1ccoc1Br)c1sccc1Cl. The molecule has 1 unspecified atom stereocenters. The van der Waals surface area contributed by atoms with E-state index in [9.17, 15) is 0 Å². The highest BCUT2D eigenvalue weighted by Crippen LogP contribution is 2.35. The zero-order valence-electron chi connectivity index (χ0n) is 7.54. The highest BCUT2D eigenvalue weighted by atomic mass is 79.9. The molecule has 0 saturated heterocycles. The molecule has 80 valence electrons. The minimum absolute atomic E-state index is 0.148. The summed E-state index contributed by atoms with van der Waals surface area (Å²) in [6.07, 6.45) is 1.60. The maximum atomic E-state index is 6.05. The molecule has 6 heteroatoms. The predicted molar refractivity (Wildman–Crippen MR) is 64.9 cm³/mol. The van der Waals surface area contributed by atoms with Gasteiger partial charge in [-0.3, -0.25) is 5.84 Å². The third-order valence-electron chi connectivity index (χ3n) is 2.03. The van der Waals surface area contributed by atoms with Crippen molar-refractivity contribution in [3.63, 3.8) is 0 Å². The van der Waals surface area contributed by atoms with E-state index in [4.69, 9.17) is 21.9 Å². The summed E-state index contributed by atoms with van der Waals surface area (Å²) in [6.45, 7) is 0. The lowest BCUT2D eigenvalue weighted by Crippen LogP contribution is -2.28. The lowest BCUT2D eigenvalue weighted by molar-refractivity contribution is 0.528. The number of hydrazine groups is 1. The number of nitrogens with one attached hydrogen (secondary N) is 1. The van der Waals surface area contributed by atoms with Gasteiger partial charge >= 0.3 is 0 Å². The Morgan fingerprint density at radius 3 is 2.80 bits per heavy atom. The van der Waals surface area contributed by atoms with E-state index < -0.39 is 0 Å². The van der Waals surface area contributed by atoms with E-state index in [-0.39, 0.29) is 6.04 Å². The van der Waals surface area contributed by atoms with Gasteiger partial charge in [0, 0.05) is 10.4 Å². The second kappa shape index (κ2) is 4.67. The number of furan rings is 1. The second-order valence-corrected chi connectivity index (χ2v) is 4.96. The van der Waals surface area contributed by atoms with Gasteiger partial charge in [0.2, 0.25) is 0 Å². The standard InChI is InChI=1S/C9H8BrClN2OS/c10-9-5(1-3-14-9)7(13-12)8-6(11)2-4-15-8/h1-4,7,13H,12H2. The first kappa shape index (κ1) is 11.2. The fourth-order valence-electron chi connectivity index (χ4n) is 1.33. The zero-order valence-corrected chi connectivity index (χ0v) is 10.7. The van der Waals surface area contributed by atoms with Crippen LogP contribution in [0.25, 0.3) is 0 Å². The number of hydrogen-bond acceptors (Lipinski definition) is 4. The molecule has 0 aliphatic carbocycles. The molecular weight excluding hydrogens is 300 g/mol. The van der Waals surface area contributed by atoms with Crippen molar-refractivity contribution in [3.05, 3.63) is 43.9 Å². The summed E-state index contributed by atoms with van der Waals surface area (Å²) in [6, 6.07) is 3.55. The summed E-state index contributed by atoms with van der Waals surface area (Å²) in [4.78, 5) is 0.973. The van der Waals surface area contributed by atoms with E-state index in [1.807, 2.05) is 17.5 Å². The Labute approximate surface area is 104 Å². The van der Waals surface area contributed by atoms with Crippen LogP contribution < -0.4 is 11.3 Å². The van der Waals surface area contributed by atoms with Crippen LogP contribution in [-0.2, 0) is 0 Å². The first-order chi connectivity index (χ1) is 7.24. The molecule has 0 bridgehead atoms. The van der Waals surface area contributed by atoms with Crippen molar-refractivity contribution in [2.45, 2.75) is 6.04 Å². The number of nitrogens with two attached hydrogens (primary N) is 1. The second-order valence-electron chi connectivity index (χ2n) is 2.88. The highest BCUT2D eigenvalue weighted by Gasteiger charge is 2.20. The molecule has 0 spiro atoms. The summed E-state index contributed by atoms with van der Waals surface area (Å²) in [7, 11) is 0. The van der Waals surface area contributed by atoms with Crippen LogP contribution in [0.2, 0.25) is 5.02 Å². The Morgan fingerprint density at radius 1 is 1.53 bits per heavy atom. The average molecular weight is 308 g/mol. The van der Waals surface area contributed by atoms with Crippen molar-refractivity contribution in [1.82, 2.24) is 5.43 Å². The summed E-state index contributed by atoms with van der Waals surface area (Å²) >= 11 is 10.9. The third kappa shape index (κ3) is 2.11. The fraction of sp³-hybridized carbons (Fsp3) is 0.111. The van der Waals surface area contributed by atoms with Crippen LogP contribution in [0.1, 0.15) is 16.5 Å². The van der Waals surface area contributed by atoms with Crippen LogP contribution in [0.4, 0.5) is 0 Å². The van der Waals surface area contributed by atoms with Gasteiger partial charge in [0.1, 0.15) is 0 Å². The van der Waals surface area contributed by atoms with Gasteiger partial charge in [0.15, 0.2) is 4.67 Å². The molecule has 15 heavy (non-hydrogen) atoms. The van der Waals surface area contributed by atoms with E-state index in [1.165, 1.54) is 0 Å². The van der Waals surface area contributed by atoms with Crippen LogP contribution >= 0.6 is 38.9 Å². The topological polar surface area (TPSA) is 51.2 Å². The molecule has 3 nitrogen and oxygen atoms in total. The summed E-state index contributed by atoms with van der Waals surface area (Å²) < 4.78 is 5.83. The monoisotopic (exact) mass is 306 g/mol. The Kier molecular flexibility index (Phi) is 3.48. The molecule has 0 amide bonds. The van der Waals surface area contributed by atoms with Crippen molar-refractivity contribution in [3.8, 4) is 0 Å². The van der Waals surface area contributed by atoms with Crippen molar-refractivity contribution in [1.29, 1.82) is 0 Å². The maximum Gasteiger partial charge on any atom is 0.174 e. The molecule has 1 atom stereocenters. The van der Waals surface area contributed by atoms with E-state index in [0.29, 0.717) is 9.69 Å². The van der Waals surface area contributed by atoms with Crippen molar-refractivity contribution in [2.24, 2.45) is 5.84 Å². The number of halogens is 2. The van der Waals surface area contributed by atoms with E-state index in [2.05, 4.69) is 21.4 Å². The van der Waals surface area contributed by atoms with E-state index in [1.54, 1.807) is 17.6 Å². The average Bonchev–Trinajstić information content (AvgIpc) is 2.80. The maximum absolute atomic E-state index is 6.05. The van der Waals surface area contributed by atoms with E-state index >= 15 is 0 Å². The van der Waals surface area contributed by atoms with Crippen LogP contribution in [-0.4, -0.2) is 0 Å².